The van der Waals surface area contributed by atoms with Crippen LogP contribution in [-0.2, 0) is 4.79 Å². The molecule has 2 aromatic carbocycles. The molecule has 1 aliphatic heterocycles. The molecule has 4 heteroatoms. The van der Waals surface area contributed by atoms with Crippen LogP contribution in [0.1, 0.15) is 31.9 Å². The number of fused-ring (bicyclic) bond motifs is 1. The van der Waals surface area contributed by atoms with Gasteiger partial charge in [0.2, 0.25) is 5.91 Å². The molecule has 3 rings (SSSR count). The van der Waals surface area contributed by atoms with Crippen molar-refractivity contribution in [2.45, 2.75) is 32.4 Å². The molecule has 0 fully saturated rings. The van der Waals surface area contributed by atoms with Gasteiger partial charge in [0, 0.05) is 24.9 Å². The summed E-state index contributed by atoms with van der Waals surface area (Å²) in [6, 6.07) is 14.2. The Morgan fingerprint density at radius 2 is 1.91 bits per heavy atom. The molecule has 0 saturated carbocycles. The molecule has 0 N–H and O–H groups in total. The average molecular weight is 299 g/mol. The van der Waals surface area contributed by atoms with Gasteiger partial charge in [-0.05, 0) is 25.1 Å². The highest BCUT2D eigenvalue weighted by atomic mass is 19.1. The molecule has 1 aliphatic rings. The van der Waals surface area contributed by atoms with Gasteiger partial charge >= 0.3 is 0 Å². The molecule has 2 atom stereocenters. The first kappa shape index (κ1) is 14.6. The second kappa shape index (κ2) is 5.79. The smallest absolute Gasteiger partial charge is 0.224 e. The van der Waals surface area contributed by atoms with Crippen LogP contribution in [0.3, 0.4) is 0 Å². The molecule has 3 nitrogen and oxygen atoms in total. The van der Waals surface area contributed by atoms with E-state index in [1.165, 1.54) is 17.9 Å². The van der Waals surface area contributed by atoms with E-state index in [2.05, 4.69) is 0 Å². The zero-order valence-corrected chi connectivity index (χ0v) is 12.6. The molecule has 0 aliphatic carbocycles. The fourth-order valence-corrected chi connectivity index (χ4v) is 3.05. The number of para-hydroxylation sites is 2. The molecule has 114 valence electrons. The maximum absolute atomic E-state index is 14.3. The Balaban J connectivity index is 2.02. The summed E-state index contributed by atoms with van der Waals surface area (Å²) in [4.78, 5) is 13.4. The monoisotopic (exact) mass is 299 g/mol. The topological polar surface area (TPSA) is 29.5 Å². The van der Waals surface area contributed by atoms with Crippen molar-refractivity contribution in [1.82, 2.24) is 0 Å². The lowest BCUT2D eigenvalue weighted by molar-refractivity contribution is -0.117. The normalized spacial score (nSPS) is 20.4. The van der Waals surface area contributed by atoms with Crippen LogP contribution in [0.25, 0.3) is 0 Å². The predicted molar refractivity (Wildman–Crippen MR) is 83.5 cm³/mol. The SMILES string of the molecule is CC(=O)N1c2c(F)cccc2[C@H](Oc2ccccc2)C[C@@H]1C. The third-order valence-electron chi connectivity index (χ3n) is 3.96. The molecule has 0 unspecified atom stereocenters. The first-order chi connectivity index (χ1) is 10.6. The predicted octanol–water partition coefficient (Wildman–Crippen LogP) is 4.09. The van der Waals surface area contributed by atoms with E-state index in [-0.39, 0.29) is 23.9 Å². The number of ether oxygens (including phenoxy) is 1. The molecule has 0 spiro atoms. The summed E-state index contributed by atoms with van der Waals surface area (Å²) in [6.07, 6.45) is 0.365. The lowest BCUT2D eigenvalue weighted by Gasteiger charge is -2.38. The van der Waals surface area contributed by atoms with Crippen molar-refractivity contribution in [2.24, 2.45) is 0 Å². The van der Waals surface area contributed by atoms with E-state index < -0.39 is 0 Å². The molecule has 2 aromatic rings. The number of amides is 1. The Morgan fingerprint density at radius 3 is 2.59 bits per heavy atom. The number of halogens is 1. The van der Waals surface area contributed by atoms with Crippen molar-refractivity contribution in [3.8, 4) is 5.75 Å². The van der Waals surface area contributed by atoms with Crippen molar-refractivity contribution in [2.75, 3.05) is 4.90 Å². The minimum Gasteiger partial charge on any atom is -0.486 e. The van der Waals surface area contributed by atoms with Crippen LogP contribution in [-0.4, -0.2) is 11.9 Å². The van der Waals surface area contributed by atoms with Gasteiger partial charge in [-0.2, -0.15) is 0 Å². The van der Waals surface area contributed by atoms with Gasteiger partial charge < -0.3 is 9.64 Å². The van der Waals surface area contributed by atoms with Gasteiger partial charge in [-0.3, -0.25) is 4.79 Å². The summed E-state index contributed by atoms with van der Waals surface area (Å²) in [5.41, 5.74) is 1.06. The van der Waals surface area contributed by atoms with Crippen molar-refractivity contribution < 1.29 is 13.9 Å². The number of carbonyl (C=O) groups excluding carboxylic acids is 1. The number of anilines is 1. The van der Waals surface area contributed by atoms with Crippen molar-refractivity contribution in [1.29, 1.82) is 0 Å². The van der Waals surface area contributed by atoms with Crippen LogP contribution in [0.4, 0.5) is 10.1 Å². The number of rotatable bonds is 2. The second-order valence-corrected chi connectivity index (χ2v) is 5.57. The first-order valence-corrected chi connectivity index (χ1v) is 7.38. The third kappa shape index (κ3) is 2.56. The van der Waals surface area contributed by atoms with E-state index >= 15 is 0 Å². The Labute approximate surface area is 129 Å². The lowest BCUT2D eigenvalue weighted by Crippen LogP contribution is -2.43. The minimum absolute atomic E-state index is 0.115. The maximum Gasteiger partial charge on any atom is 0.224 e. The Kier molecular flexibility index (Phi) is 3.84. The van der Waals surface area contributed by atoms with E-state index in [9.17, 15) is 9.18 Å². The van der Waals surface area contributed by atoms with E-state index in [4.69, 9.17) is 4.74 Å². The number of hydrogen-bond donors (Lipinski definition) is 0. The molecule has 0 bridgehead atoms. The highest BCUT2D eigenvalue weighted by Crippen LogP contribution is 2.41. The van der Waals surface area contributed by atoms with E-state index in [1.807, 2.05) is 43.3 Å². The fourth-order valence-electron chi connectivity index (χ4n) is 3.05. The zero-order valence-electron chi connectivity index (χ0n) is 12.6. The van der Waals surface area contributed by atoms with Crippen LogP contribution >= 0.6 is 0 Å². The van der Waals surface area contributed by atoms with Gasteiger partial charge in [-0.15, -0.1) is 0 Å². The number of nitrogens with zero attached hydrogens (tertiary/aromatic N) is 1. The van der Waals surface area contributed by atoms with Gasteiger partial charge in [0.25, 0.3) is 0 Å². The summed E-state index contributed by atoms with van der Waals surface area (Å²) in [5.74, 6) is 0.198. The minimum atomic E-state index is -0.388. The maximum atomic E-state index is 14.3. The molecule has 0 radical (unpaired) electrons. The summed E-state index contributed by atoms with van der Waals surface area (Å²) in [5, 5.41) is 0. The number of benzene rings is 2. The molecular weight excluding hydrogens is 281 g/mol. The van der Waals surface area contributed by atoms with Crippen LogP contribution < -0.4 is 9.64 Å². The fraction of sp³-hybridized carbons (Fsp3) is 0.278. The highest BCUT2D eigenvalue weighted by Gasteiger charge is 2.35. The standard InChI is InChI=1S/C18H18FNO2/c1-12-11-17(22-14-7-4-3-5-8-14)15-9-6-10-16(19)18(15)20(12)13(2)21/h3-10,12,17H,11H2,1-2H3/t12-,17+/m0/s1. The Bertz CT molecular complexity index is 687. The van der Waals surface area contributed by atoms with Gasteiger partial charge in [0.1, 0.15) is 17.7 Å². The van der Waals surface area contributed by atoms with Crippen molar-refractivity contribution in [3.63, 3.8) is 0 Å². The van der Waals surface area contributed by atoms with Gasteiger partial charge in [0.05, 0.1) is 5.69 Å². The van der Waals surface area contributed by atoms with Crippen LogP contribution in [0, 0.1) is 5.82 Å². The largest absolute Gasteiger partial charge is 0.486 e. The lowest BCUT2D eigenvalue weighted by atomic mass is 9.93. The van der Waals surface area contributed by atoms with Gasteiger partial charge in [0.15, 0.2) is 0 Å². The molecular formula is C18H18FNO2. The molecule has 0 aromatic heterocycles. The quantitative estimate of drug-likeness (QED) is 0.836. The molecule has 0 saturated heterocycles. The van der Waals surface area contributed by atoms with Gasteiger partial charge in [-0.1, -0.05) is 30.3 Å². The summed E-state index contributed by atoms with van der Waals surface area (Å²) in [6.45, 7) is 3.38. The highest BCUT2D eigenvalue weighted by molar-refractivity contribution is 5.93. The first-order valence-electron chi connectivity index (χ1n) is 7.38. The third-order valence-corrected chi connectivity index (χ3v) is 3.96. The summed E-state index contributed by atoms with van der Waals surface area (Å²) in [7, 11) is 0. The zero-order chi connectivity index (χ0) is 15.7. The number of hydrogen-bond acceptors (Lipinski definition) is 2. The molecule has 22 heavy (non-hydrogen) atoms. The van der Waals surface area contributed by atoms with Crippen LogP contribution in [0.2, 0.25) is 0 Å². The van der Waals surface area contributed by atoms with Crippen molar-refractivity contribution in [3.05, 3.63) is 59.9 Å². The van der Waals surface area contributed by atoms with E-state index in [0.29, 0.717) is 12.1 Å². The summed E-state index contributed by atoms with van der Waals surface area (Å²) >= 11 is 0. The summed E-state index contributed by atoms with van der Waals surface area (Å²) < 4.78 is 20.3. The van der Waals surface area contributed by atoms with Gasteiger partial charge in [-0.25, -0.2) is 4.39 Å². The van der Waals surface area contributed by atoms with E-state index in [0.717, 1.165) is 11.3 Å². The second-order valence-electron chi connectivity index (χ2n) is 5.57. The number of carbonyl (C=O) groups is 1. The van der Waals surface area contributed by atoms with E-state index in [1.54, 1.807) is 6.07 Å². The Morgan fingerprint density at radius 1 is 1.18 bits per heavy atom. The molecule has 1 heterocycles. The van der Waals surface area contributed by atoms with Crippen molar-refractivity contribution >= 4 is 11.6 Å². The van der Waals surface area contributed by atoms with Crippen LogP contribution in [0.15, 0.2) is 48.5 Å². The average Bonchev–Trinajstić information content (AvgIpc) is 2.49. The Hall–Kier alpha value is -2.36. The van der Waals surface area contributed by atoms with Crippen LogP contribution in [0.5, 0.6) is 5.75 Å². The molecule has 1 amide bonds.